The highest BCUT2D eigenvalue weighted by molar-refractivity contribution is 6.19. The van der Waals surface area contributed by atoms with Gasteiger partial charge in [0.1, 0.15) is 11.5 Å². The zero-order chi connectivity index (χ0) is 18.7. The molecule has 0 bridgehead atoms. The number of ether oxygens (including phenoxy) is 3. The average molecular weight is 356 g/mol. The first-order valence-corrected chi connectivity index (χ1v) is 7.73. The molecule has 26 heavy (non-hydrogen) atoms. The van der Waals surface area contributed by atoms with E-state index in [9.17, 15) is 9.18 Å². The second kappa shape index (κ2) is 7.26. The average Bonchev–Trinajstić information content (AvgIpc) is 3.01. The van der Waals surface area contributed by atoms with E-state index in [2.05, 4.69) is 10.3 Å². The van der Waals surface area contributed by atoms with Crippen LogP contribution in [0, 0.1) is 5.82 Å². The molecule has 1 amide bonds. The number of amides is 1. The number of rotatable bonds is 5. The van der Waals surface area contributed by atoms with E-state index in [1.54, 1.807) is 31.4 Å². The van der Waals surface area contributed by atoms with Gasteiger partial charge >= 0.3 is 0 Å². The van der Waals surface area contributed by atoms with E-state index in [0.717, 1.165) is 0 Å². The summed E-state index contributed by atoms with van der Waals surface area (Å²) >= 11 is 0. The van der Waals surface area contributed by atoms with Crippen molar-refractivity contribution in [3.63, 3.8) is 0 Å². The fourth-order valence-corrected chi connectivity index (χ4v) is 2.52. The van der Waals surface area contributed by atoms with Gasteiger partial charge in [0.05, 0.1) is 21.3 Å². The Labute approximate surface area is 149 Å². The number of hydrogen-bond donors (Lipinski definition) is 1. The maximum Gasteiger partial charge on any atom is 0.275 e. The summed E-state index contributed by atoms with van der Waals surface area (Å²) in [6.07, 6.45) is 1.51. The summed E-state index contributed by atoms with van der Waals surface area (Å²) < 4.78 is 29.1. The highest BCUT2D eigenvalue weighted by Crippen LogP contribution is 2.28. The summed E-state index contributed by atoms with van der Waals surface area (Å²) in [4.78, 5) is 16.5. The summed E-state index contributed by atoms with van der Waals surface area (Å²) in [6.45, 7) is 0. The van der Waals surface area contributed by atoms with Crippen LogP contribution in [0.2, 0.25) is 0 Å². The quantitative estimate of drug-likeness (QED) is 0.837. The van der Waals surface area contributed by atoms with Gasteiger partial charge in [-0.05, 0) is 42.0 Å². The topological polar surface area (TPSA) is 69.2 Å². The maximum atomic E-state index is 13.8. The van der Waals surface area contributed by atoms with Crippen molar-refractivity contribution in [3.8, 4) is 17.2 Å². The van der Waals surface area contributed by atoms with Crippen molar-refractivity contribution in [2.24, 2.45) is 4.99 Å². The van der Waals surface area contributed by atoms with Gasteiger partial charge in [-0.1, -0.05) is 6.07 Å². The Morgan fingerprint density at radius 2 is 1.65 bits per heavy atom. The molecule has 0 unspecified atom stereocenters. The SMILES string of the molecule is COc1ccc(/C=C2/N=C(c3ccc(OC)c(OC)c3)NC2=O)cc1F. The number of nitrogens with one attached hydrogen (secondary N) is 1. The van der Waals surface area contributed by atoms with Crippen molar-refractivity contribution in [3.05, 3.63) is 59.0 Å². The van der Waals surface area contributed by atoms with Gasteiger partial charge in [0.25, 0.3) is 5.91 Å². The van der Waals surface area contributed by atoms with Crippen molar-refractivity contribution in [2.75, 3.05) is 21.3 Å². The summed E-state index contributed by atoms with van der Waals surface area (Å²) in [5, 5.41) is 2.69. The number of amidine groups is 1. The molecule has 0 aromatic heterocycles. The predicted molar refractivity (Wildman–Crippen MR) is 95.2 cm³/mol. The normalized spacial score (nSPS) is 14.8. The summed E-state index contributed by atoms with van der Waals surface area (Å²) in [5.41, 5.74) is 1.35. The molecule has 1 heterocycles. The van der Waals surface area contributed by atoms with Crippen LogP contribution < -0.4 is 19.5 Å². The Morgan fingerprint density at radius 1 is 0.962 bits per heavy atom. The molecule has 1 N–H and O–H groups in total. The molecule has 134 valence electrons. The van der Waals surface area contributed by atoms with E-state index in [1.807, 2.05) is 0 Å². The molecule has 3 rings (SSSR count). The number of carbonyl (C=O) groups excluding carboxylic acids is 1. The van der Waals surface area contributed by atoms with E-state index < -0.39 is 5.82 Å². The van der Waals surface area contributed by atoms with Crippen LogP contribution in [0.15, 0.2) is 47.1 Å². The molecular weight excluding hydrogens is 339 g/mol. The van der Waals surface area contributed by atoms with Crippen molar-refractivity contribution in [1.82, 2.24) is 5.32 Å². The van der Waals surface area contributed by atoms with E-state index in [-0.39, 0.29) is 17.4 Å². The highest BCUT2D eigenvalue weighted by atomic mass is 19.1. The molecule has 0 saturated carbocycles. The summed E-state index contributed by atoms with van der Waals surface area (Å²) in [7, 11) is 4.46. The number of methoxy groups -OCH3 is 3. The lowest BCUT2D eigenvalue weighted by Gasteiger charge is -2.09. The molecule has 0 fully saturated rings. The summed E-state index contributed by atoms with van der Waals surface area (Å²) in [5.74, 6) is 0.742. The van der Waals surface area contributed by atoms with Gasteiger partial charge in [-0.3, -0.25) is 4.79 Å². The van der Waals surface area contributed by atoms with Crippen LogP contribution in [0.25, 0.3) is 6.08 Å². The van der Waals surface area contributed by atoms with Crippen molar-refractivity contribution in [1.29, 1.82) is 0 Å². The third kappa shape index (κ3) is 3.37. The Bertz CT molecular complexity index is 922. The number of aliphatic imine (C=N–C) groups is 1. The molecule has 2 aromatic rings. The van der Waals surface area contributed by atoms with E-state index in [4.69, 9.17) is 14.2 Å². The predicted octanol–water partition coefficient (Wildman–Crippen LogP) is 2.77. The highest BCUT2D eigenvalue weighted by Gasteiger charge is 2.22. The standard InChI is InChI=1S/C19H17FN2O4/c1-24-15-6-4-11(8-13(15)20)9-14-19(23)22-18(21-14)12-5-7-16(25-2)17(10-12)26-3/h4-10H,1-3H3,(H,21,22,23)/b14-9+. The van der Waals surface area contributed by atoms with Crippen LogP contribution in [-0.2, 0) is 4.79 Å². The van der Waals surface area contributed by atoms with Crippen LogP contribution in [0.1, 0.15) is 11.1 Å². The Hall–Kier alpha value is -3.35. The number of halogens is 1. The van der Waals surface area contributed by atoms with Gasteiger partial charge in [0, 0.05) is 5.56 Å². The molecule has 6 nitrogen and oxygen atoms in total. The third-order valence-corrected chi connectivity index (χ3v) is 3.83. The minimum Gasteiger partial charge on any atom is -0.494 e. The molecule has 1 aliphatic rings. The van der Waals surface area contributed by atoms with Gasteiger partial charge < -0.3 is 19.5 Å². The monoisotopic (exact) mass is 356 g/mol. The molecule has 7 heteroatoms. The van der Waals surface area contributed by atoms with E-state index in [0.29, 0.717) is 28.5 Å². The molecule has 1 aliphatic heterocycles. The molecule has 0 aliphatic carbocycles. The van der Waals surface area contributed by atoms with Gasteiger partial charge in [0.15, 0.2) is 23.1 Å². The Morgan fingerprint density at radius 3 is 2.31 bits per heavy atom. The van der Waals surface area contributed by atoms with Crippen LogP contribution in [0.3, 0.4) is 0 Å². The van der Waals surface area contributed by atoms with Crippen molar-refractivity contribution >= 4 is 17.8 Å². The minimum absolute atomic E-state index is 0.137. The fourth-order valence-electron chi connectivity index (χ4n) is 2.52. The lowest BCUT2D eigenvalue weighted by atomic mass is 10.1. The Kier molecular flexibility index (Phi) is 4.88. The van der Waals surface area contributed by atoms with Crippen molar-refractivity contribution in [2.45, 2.75) is 0 Å². The molecular formula is C19H17FN2O4. The summed E-state index contributed by atoms with van der Waals surface area (Å²) in [6, 6.07) is 9.62. The van der Waals surface area contributed by atoms with Crippen LogP contribution in [-0.4, -0.2) is 33.1 Å². The minimum atomic E-state index is -0.510. The van der Waals surface area contributed by atoms with Crippen LogP contribution in [0.5, 0.6) is 17.2 Å². The molecule has 0 saturated heterocycles. The van der Waals surface area contributed by atoms with Crippen molar-refractivity contribution < 1.29 is 23.4 Å². The zero-order valence-electron chi connectivity index (χ0n) is 14.5. The van der Waals surface area contributed by atoms with Crippen LogP contribution >= 0.6 is 0 Å². The van der Waals surface area contributed by atoms with Gasteiger partial charge in [0.2, 0.25) is 0 Å². The Balaban J connectivity index is 1.93. The molecule has 0 radical (unpaired) electrons. The van der Waals surface area contributed by atoms with E-state index in [1.165, 1.54) is 32.4 Å². The van der Waals surface area contributed by atoms with Gasteiger partial charge in [-0.15, -0.1) is 0 Å². The molecule has 0 atom stereocenters. The number of nitrogens with zero attached hydrogens (tertiary/aromatic N) is 1. The molecule has 2 aromatic carbocycles. The lowest BCUT2D eigenvalue weighted by molar-refractivity contribution is -0.115. The first-order valence-electron chi connectivity index (χ1n) is 7.73. The van der Waals surface area contributed by atoms with E-state index >= 15 is 0 Å². The first kappa shape index (κ1) is 17.5. The third-order valence-electron chi connectivity index (χ3n) is 3.83. The smallest absolute Gasteiger partial charge is 0.275 e. The van der Waals surface area contributed by atoms with Crippen LogP contribution in [0.4, 0.5) is 4.39 Å². The zero-order valence-corrected chi connectivity index (χ0v) is 14.5. The second-order valence-corrected chi connectivity index (χ2v) is 5.41. The number of benzene rings is 2. The second-order valence-electron chi connectivity index (χ2n) is 5.41. The number of carbonyl (C=O) groups is 1. The fraction of sp³-hybridized carbons (Fsp3) is 0.158. The molecule has 0 spiro atoms. The number of hydrogen-bond acceptors (Lipinski definition) is 5. The van der Waals surface area contributed by atoms with Gasteiger partial charge in [-0.2, -0.15) is 0 Å². The maximum absolute atomic E-state index is 13.8. The van der Waals surface area contributed by atoms with Gasteiger partial charge in [-0.25, -0.2) is 9.38 Å². The lowest BCUT2D eigenvalue weighted by Crippen LogP contribution is -2.24. The largest absolute Gasteiger partial charge is 0.494 e. The first-order chi connectivity index (χ1) is 12.5.